The molecule has 0 heterocycles. The predicted molar refractivity (Wildman–Crippen MR) is 82.5 cm³/mol. The monoisotopic (exact) mass is 265 g/mol. The number of unbranched alkanes of at least 4 members (excludes halogenated alkanes) is 1. The van der Waals surface area contributed by atoms with Crippen molar-refractivity contribution in [2.45, 2.75) is 46.1 Å². The van der Waals surface area contributed by atoms with Gasteiger partial charge in [0.25, 0.3) is 0 Å². The van der Waals surface area contributed by atoms with Crippen LogP contribution in [-0.2, 0) is 6.42 Å². The summed E-state index contributed by atoms with van der Waals surface area (Å²) in [5.41, 5.74) is 7.23. The van der Waals surface area contributed by atoms with Gasteiger partial charge in [-0.15, -0.1) is 0 Å². The first-order chi connectivity index (χ1) is 8.99. The summed E-state index contributed by atoms with van der Waals surface area (Å²) in [4.78, 5) is 11.1. The molecule has 4 nitrogen and oxygen atoms in total. The SMILES string of the molecule is CC(C)N.CCCCc1cccc(NC(=O)NC)c1. The van der Waals surface area contributed by atoms with Crippen LogP contribution in [0.5, 0.6) is 0 Å². The Morgan fingerprint density at radius 1 is 1.37 bits per heavy atom. The van der Waals surface area contributed by atoms with Gasteiger partial charge < -0.3 is 16.4 Å². The van der Waals surface area contributed by atoms with Gasteiger partial charge in [0.15, 0.2) is 0 Å². The van der Waals surface area contributed by atoms with E-state index >= 15 is 0 Å². The van der Waals surface area contributed by atoms with Gasteiger partial charge in [-0.2, -0.15) is 0 Å². The molecular formula is C15H27N3O. The Labute approximate surface area is 116 Å². The molecule has 2 amide bonds. The third-order valence-electron chi connectivity index (χ3n) is 2.23. The predicted octanol–water partition coefficient (Wildman–Crippen LogP) is 3.13. The van der Waals surface area contributed by atoms with E-state index in [1.54, 1.807) is 7.05 Å². The highest BCUT2D eigenvalue weighted by Gasteiger charge is 1.99. The van der Waals surface area contributed by atoms with Crippen molar-refractivity contribution in [3.8, 4) is 0 Å². The van der Waals surface area contributed by atoms with Gasteiger partial charge in [0, 0.05) is 12.7 Å². The van der Waals surface area contributed by atoms with Crippen LogP contribution in [0.2, 0.25) is 0 Å². The lowest BCUT2D eigenvalue weighted by molar-refractivity contribution is 0.254. The van der Waals surface area contributed by atoms with Gasteiger partial charge in [-0.1, -0.05) is 39.3 Å². The maximum absolute atomic E-state index is 11.1. The summed E-state index contributed by atoms with van der Waals surface area (Å²) in [6.45, 7) is 6.06. The highest BCUT2D eigenvalue weighted by Crippen LogP contribution is 2.12. The smallest absolute Gasteiger partial charge is 0.318 e. The molecule has 0 saturated heterocycles. The van der Waals surface area contributed by atoms with Gasteiger partial charge >= 0.3 is 6.03 Å². The first-order valence-corrected chi connectivity index (χ1v) is 6.82. The van der Waals surface area contributed by atoms with Crippen molar-refractivity contribution in [3.05, 3.63) is 29.8 Å². The van der Waals surface area contributed by atoms with Crippen LogP contribution in [0, 0.1) is 0 Å². The molecule has 0 fully saturated rings. The summed E-state index contributed by atoms with van der Waals surface area (Å²) in [5, 5.41) is 5.28. The Bertz CT molecular complexity index is 361. The minimum atomic E-state index is -0.178. The Kier molecular flexibility index (Phi) is 9.53. The average Bonchev–Trinajstić information content (AvgIpc) is 2.36. The van der Waals surface area contributed by atoms with Crippen molar-refractivity contribution < 1.29 is 4.79 Å². The number of hydrogen-bond donors (Lipinski definition) is 3. The number of anilines is 1. The first-order valence-electron chi connectivity index (χ1n) is 6.82. The lowest BCUT2D eigenvalue weighted by atomic mass is 10.1. The molecular weight excluding hydrogens is 238 g/mol. The van der Waals surface area contributed by atoms with Crippen molar-refractivity contribution in [1.29, 1.82) is 0 Å². The normalized spacial score (nSPS) is 9.58. The van der Waals surface area contributed by atoms with Crippen LogP contribution in [-0.4, -0.2) is 19.1 Å². The molecule has 0 aliphatic rings. The molecule has 4 N–H and O–H groups in total. The molecule has 0 bridgehead atoms. The van der Waals surface area contributed by atoms with Crippen LogP contribution in [0.3, 0.4) is 0 Å². The van der Waals surface area contributed by atoms with Crippen molar-refractivity contribution in [2.75, 3.05) is 12.4 Å². The highest BCUT2D eigenvalue weighted by molar-refractivity contribution is 5.89. The first kappa shape index (κ1) is 17.4. The molecule has 0 aliphatic carbocycles. The van der Waals surface area contributed by atoms with Crippen LogP contribution in [0.1, 0.15) is 39.2 Å². The number of rotatable bonds is 4. The minimum absolute atomic E-state index is 0.178. The van der Waals surface area contributed by atoms with Gasteiger partial charge in [-0.05, 0) is 36.6 Å². The van der Waals surface area contributed by atoms with E-state index in [0.29, 0.717) is 6.04 Å². The van der Waals surface area contributed by atoms with Gasteiger partial charge in [-0.3, -0.25) is 0 Å². The summed E-state index contributed by atoms with van der Waals surface area (Å²) in [6, 6.07) is 8.12. The fourth-order valence-corrected chi connectivity index (χ4v) is 1.38. The number of hydrogen-bond acceptors (Lipinski definition) is 2. The highest BCUT2D eigenvalue weighted by atomic mass is 16.2. The molecule has 19 heavy (non-hydrogen) atoms. The topological polar surface area (TPSA) is 67.1 Å². The quantitative estimate of drug-likeness (QED) is 0.783. The molecule has 0 atom stereocenters. The van der Waals surface area contributed by atoms with Crippen LogP contribution in [0.25, 0.3) is 0 Å². The summed E-state index contributed by atoms with van der Waals surface area (Å²) in [6.07, 6.45) is 3.44. The number of benzene rings is 1. The minimum Gasteiger partial charge on any atom is -0.341 e. The molecule has 108 valence electrons. The van der Waals surface area contributed by atoms with Crippen molar-refractivity contribution in [3.63, 3.8) is 0 Å². The van der Waals surface area contributed by atoms with Crippen LogP contribution in [0.15, 0.2) is 24.3 Å². The Morgan fingerprint density at radius 2 is 2.00 bits per heavy atom. The molecule has 1 aromatic carbocycles. The van der Waals surface area contributed by atoms with E-state index in [0.717, 1.165) is 12.1 Å². The van der Waals surface area contributed by atoms with E-state index in [1.807, 2.05) is 32.0 Å². The maximum atomic E-state index is 11.1. The number of nitrogens with one attached hydrogen (secondary N) is 2. The number of aryl methyl sites for hydroxylation is 1. The van der Waals surface area contributed by atoms with Gasteiger partial charge in [0.05, 0.1) is 0 Å². The summed E-state index contributed by atoms with van der Waals surface area (Å²) < 4.78 is 0. The fourth-order valence-electron chi connectivity index (χ4n) is 1.38. The lowest BCUT2D eigenvalue weighted by Crippen LogP contribution is -2.24. The second kappa shape index (κ2) is 10.4. The van der Waals surface area contributed by atoms with Crippen molar-refractivity contribution in [1.82, 2.24) is 5.32 Å². The van der Waals surface area contributed by atoms with E-state index in [4.69, 9.17) is 5.73 Å². The van der Waals surface area contributed by atoms with Gasteiger partial charge in [-0.25, -0.2) is 4.79 Å². The Hall–Kier alpha value is -1.55. The second-order valence-electron chi connectivity index (χ2n) is 4.75. The zero-order valence-corrected chi connectivity index (χ0v) is 12.5. The van der Waals surface area contributed by atoms with E-state index in [1.165, 1.54) is 18.4 Å². The lowest BCUT2D eigenvalue weighted by Gasteiger charge is -2.06. The Morgan fingerprint density at radius 3 is 2.53 bits per heavy atom. The van der Waals surface area contributed by atoms with Crippen LogP contribution in [0.4, 0.5) is 10.5 Å². The van der Waals surface area contributed by atoms with E-state index < -0.39 is 0 Å². The van der Waals surface area contributed by atoms with E-state index in [-0.39, 0.29) is 6.03 Å². The molecule has 0 aromatic heterocycles. The summed E-state index contributed by atoms with van der Waals surface area (Å²) >= 11 is 0. The number of nitrogens with two attached hydrogens (primary N) is 1. The number of carbonyl (C=O) groups is 1. The summed E-state index contributed by atoms with van der Waals surface area (Å²) in [5.74, 6) is 0. The van der Waals surface area contributed by atoms with E-state index in [9.17, 15) is 4.79 Å². The zero-order chi connectivity index (χ0) is 14.7. The largest absolute Gasteiger partial charge is 0.341 e. The molecule has 0 unspecified atom stereocenters. The molecule has 0 aliphatic heterocycles. The Balaban J connectivity index is 0.000000711. The number of carbonyl (C=O) groups excluding carboxylic acids is 1. The third-order valence-corrected chi connectivity index (χ3v) is 2.23. The molecule has 0 spiro atoms. The van der Waals surface area contributed by atoms with E-state index in [2.05, 4.69) is 23.6 Å². The number of amides is 2. The standard InChI is InChI=1S/C12H18N2O.C3H9N/c1-3-4-6-10-7-5-8-11(9-10)14-12(15)13-2;1-3(2)4/h5,7-9H,3-4,6H2,1-2H3,(H2,13,14,15);3H,4H2,1-2H3. The average molecular weight is 265 g/mol. The molecule has 1 rings (SSSR count). The second-order valence-corrected chi connectivity index (χ2v) is 4.75. The van der Waals surface area contributed by atoms with Gasteiger partial charge in [0.2, 0.25) is 0 Å². The van der Waals surface area contributed by atoms with Crippen LogP contribution < -0.4 is 16.4 Å². The van der Waals surface area contributed by atoms with Crippen molar-refractivity contribution in [2.24, 2.45) is 5.73 Å². The summed E-state index contributed by atoms with van der Waals surface area (Å²) in [7, 11) is 1.61. The zero-order valence-electron chi connectivity index (χ0n) is 12.5. The molecule has 1 aromatic rings. The fraction of sp³-hybridized carbons (Fsp3) is 0.533. The maximum Gasteiger partial charge on any atom is 0.318 e. The third kappa shape index (κ3) is 10.1. The molecule has 4 heteroatoms. The molecule has 0 saturated carbocycles. The number of urea groups is 1. The van der Waals surface area contributed by atoms with Crippen molar-refractivity contribution >= 4 is 11.7 Å². The van der Waals surface area contributed by atoms with Gasteiger partial charge in [0.1, 0.15) is 0 Å². The molecule has 0 radical (unpaired) electrons. The van der Waals surface area contributed by atoms with Crippen LogP contribution >= 0.6 is 0 Å².